The van der Waals surface area contributed by atoms with Crippen molar-refractivity contribution in [2.75, 3.05) is 5.73 Å². The van der Waals surface area contributed by atoms with Crippen molar-refractivity contribution in [3.63, 3.8) is 0 Å². The van der Waals surface area contributed by atoms with Crippen LogP contribution < -0.4 is 11.1 Å². The summed E-state index contributed by atoms with van der Waals surface area (Å²) in [7, 11) is 0. The molecule has 0 aliphatic heterocycles. The lowest BCUT2D eigenvalue weighted by atomic mass is 9.81. The van der Waals surface area contributed by atoms with Gasteiger partial charge in [0.05, 0.1) is 5.41 Å². The van der Waals surface area contributed by atoms with Crippen molar-refractivity contribution in [3.8, 4) is 0 Å². The Morgan fingerprint density at radius 1 is 1.14 bits per heavy atom. The Balaban J connectivity index is 2.11. The zero-order chi connectivity index (χ0) is 15.9. The Hall–Kier alpha value is -1.51. The van der Waals surface area contributed by atoms with E-state index in [-0.39, 0.29) is 22.3 Å². The summed E-state index contributed by atoms with van der Waals surface area (Å²) < 4.78 is 0. The van der Waals surface area contributed by atoms with Gasteiger partial charge >= 0.3 is 0 Å². The smallest absolute Gasteiger partial charge is 0.231 e. The van der Waals surface area contributed by atoms with Crippen LogP contribution in [0.3, 0.4) is 0 Å². The lowest BCUT2D eigenvalue weighted by Crippen LogP contribution is -2.49. The molecule has 0 spiro atoms. The highest BCUT2D eigenvalue weighted by molar-refractivity contribution is 5.91. The first kappa shape index (κ1) is 15.9. The van der Waals surface area contributed by atoms with E-state index >= 15 is 0 Å². The van der Waals surface area contributed by atoms with Gasteiger partial charge in [0.2, 0.25) is 5.91 Å². The first-order valence-electron chi connectivity index (χ1n) is 7.73. The van der Waals surface area contributed by atoms with E-state index in [1.165, 1.54) is 0 Å². The van der Waals surface area contributed by atoms with E-state index in [0.717, 1.165) is 30.5 Å². The van der Waals surface area contributed by atoms with Gasteiger partial charge in [0, 0.05) is 11.2 Å². The van der Waals surface area contributed by atoms with Crippen molar-refractivity contribution in [1.82, 2.24) is 5.32 Å². The number of nitrogen functional groups attached to an aromatic ring is 1. The number of anilines is 1. The minimum atomic E-state index is -0.331. The van der Waals surface area contributed by atoms with E-state index < -0.39 is 0 Å². The van der Waals surface area contributed by atoms with Crippen LogP contribution in [0.25, 0.3) is 0 Å². The Kier molecular flexibility index (Phi) is 3.81. The molecule has 0 unspecified atom stereocenters. The third-order valence-electron chi connectivity index (χ3n) is 4.07. The molecule has 0 saturated heterocycles. The van der Waals surface area contributed by atoms with E-state index in [1.54, 1.807) is 0 Å². The van der Waals surface area contributed by atoms with E-state index in [4.69, 9.17) is 5.73 Å². The molecule has 3 heteroatoms. The number of nitrogens with two attached hydrogens (primary N) is 1. The van der Waals surface area contributed by atoms with E-state index in [2.05, 4.69) is 39.9 Å². The summed E-state index contributed by atoms with van der Waals surface area (Å²) in [6.07, 6.45) is 2.80. The molecule has 0 bridgehead atoms. The van der Waals surface area contributed by atoms with Gasteiger partial charge < -0.3 is 11.1 Å². The van der Waals surface area contributed by atoms with E-state index in [9.17, 15) is 4.79 Å². The second-order valence-electron chi connectivity index (χ2n) is 8.28. The molecule has 1 aliphatic rings. The summed E-state index contributed by atoms with van der Waals surface area (Å²) in [4.78, 5) is 12.8. The quantitative estimate of drug-likeness (QED) is 0.831. The number of hydrogen-bond donors (Lipinski definition) is 2. The van der Waals surface area contributed by atoms with Crippen molar-refractivity contribution in [3.05, 3.63) is 29.8 Å². The van der Waals surface area contributed by atoms with Crippen LogP contribution in [0.15, 0.2) is 24.3 Å². The van der Waals surface area contributed by atoms with Crippen LogP contribution in [0, 0.1) is 5.41 Å². The highest BCUT2D eigenvalue weighted by Gasteiger charge is 2.52. The van der Waals surface area contributed by atoms with E-state index in [1.807, 2.05) is 24.3 Å². The molecule has 3 N–H and O–H groups in total. The summed E-state index contributed by atoms with van der Waals surface area (Å²) in [5, 5.41) is 3.26. The number of benzene rings is 1. The van der Waals surface area contributed by atoms with Crippen LogP contribution in [-0.4, -0.2) is 11.4 Å². The number of carbonyl (C=O) groups is 1. The molecule has 1 aromatic carbocycles. The van der Waals surface area contributed by atoms with Gasteiger partial charge in [0.1, 0.15) is 0 Å². The minimum Gasteiger partial charge on any atom is -0.399 e. The van der Waals surface area contributed by atoms with Gasteiger partial charge in [-0.05, 0) is 56.2 Å². The molecular weight excluding hydrogens is 260 g/mol. The Morgan fingerprint density at radius 2 is 1.67 bits per heavy atom. The average molecular weight is 288 g/mol. The fourth-order valence-corrected chi connectivity index (χ4v) is 3.37. The molecule has 1 aromatic rings. The van der Waals surface area contributed by atoms with Crippen LogP contribution in [-0.2, 0) is 10.2 Å². The van der Waals surface area contributed by atoms with Crippen LogP contribution >= 0.6 is 0 Å². The summed E-state index contributed by atoms with van der Waals surface area (Å²) >= 11 is 0. The standard InChI is InChI=1S/C18H28N2O/c1-16(2,3)12-17(4,5)20-15(21)18(10-11-18)13-6-8-14(19)9-7-13/h6-9H,10-12,19H2,1-5H3,(H,20,21). The Bertz CT molecular complexity index is 519. The summed E-state index contributed by atoms with van der Waals surface area (Å²) in [5.74, 6) is 0.154. The molecule has 21 heavy (non-hydrogen) atoms. The van der Waals surface area contributed by atoms with Crippen molar-refractivity contribution in [1.29, 1.82) is 0 Å². The molecule has 0 aromatic heterocycles. The molecule has 1 saturated carbocycles. The second kappa shape index (κ2) is 5.04. The third kappa shape index (κ3) is 3.78. The molecule has 2 rings (SSSR count). The number of carbonyl (C=O) groups excluding carboxylic acids is 1. The molecule has 3 nitrogen and oxygen atoms in total. The number of hydrogen-bond acceptors (Lipinski definition) is 2. The minimum absolute atomic E-state index is 0.154. The maximum absolute atomic E-state index is 12.8. The molecule has 0 radical (unpaired) electrons. The molecule has 0 atom stereocenters. The lowest BCUT2D eigenvalue weighted by Gasteiger charge is -2.34. The van der Waals surface area contributed by atoms with Crippen LogP contribution in [0.2, 0.25) is 0 Å². The molecular formula is C18H28N2O. The van der Waals surface area contributed by atoms with Crippen LogP contribution in [0.1, 0.15) is 59.4 Å². The number of rotatable bonds is 4. The molecule has 1 fully saturated rings. The Morgan fingerprint density at radius 3 is 2.10 bits per heavy atom. The van der Waals surface area contributed by atoms with Crippen molar-refractivity contribution < 1.29 is 4.79 Å². The van der Waals surface area contributed by atoms with Gasteiger partial charge in [0.15, 0.2) is 0 Å². The maximum atomic E-state index is 12.8. The van der Waals surface area contributed by atoms with Crippen molar-refractivity contribution in [2.24, 2.45) is 5.41 Å². The summed E-state index contributed by atoms with van der Waals surface area (Å²) in [5.41, 5.74) is 7.22. The van der Waals surface area contributed by atoms with Gasteiger partial charge in [-0.15, -0.1) is 0 Å². The lowest BCUT2D eigenvalue weighted by molar-refractivity contribution is -0.125. The average Bonchev–Trinajstić information content (AvgIpc) is 3.06. The van der Waals surface area contributed by atoms with E-state index in [0.29, 0.717) is 0 Å². The fraction of sp³-hybridized carbons (Fsp3) is 0.611. The highest BCUT2D eigenvalue weighted by Crippen LogP contribution is 2.49. The molecule has 0 heterocycles. The number of amides is 1. The van der Waals surface area contributed by atoms with Gasteiger partial charge in [-0.3, -0.25) is 4.79 Å². The fourth-order valence-electron chi connectivity index (χ4n) is 3.37. The highest BCUT2D eigenvalue weighted by atomic mass is 16.2. The summed E-state index contributed by atoms with van der Waals surface area (Å²) in [6, 6.07) is 7.73. The van der Waals surface area contributed by atoms with Crippen LogP contribution in [0.5, 0.6) is 0 Å². The topological polar surface area (TPSA) is 55.1 Å². The van der Waals surface area contributed by atoms with Gasteiger partial charge in [0.25, 0.3) is 0 Å². The molecule has 1 aliphatic carbocycles. The molecule has 1 amide bonds. The van der Waals surface area contributed by atoms with Crippen LogP contribution in [0.4, 0.5) is 5.69 Å². The van der Waals surface area contributed by atoms with Gasteiger partial charge in [-0.1, -0.05) is 32.9 Å². The SMILES string of the molecule is CC(C)(C)CC(C)(C)NC(=O)C1(c2ccc(N)cc2)CC1. The monoisotopic (exact) mass is 288 g/mol. The predicted molar refractivity (Wildman–Crippen MR) is 88.1 cm³/mol. The third-order valence-corrected chi connectivity index (χ3v) is 4.07. The Labute approximate surface area is 128 Å². The zero-order valence-corrected chi connectivity index (χ0v) is 13.9. The normalized spacial score (nSPS) is 17.4. The molecule has 116 valence electrons. The van der Waals surface area contributed by atoms with Gasteiger partial charge in [-0.25, -0.2) is 0 Å². The second-order valence-corrected chi connectivity index (χ2v) is 8.28. The van der Waals surface area contributed by atoms with Crippen molar-refractivity contribution >= 4 is 11.6 Å². The number of nitrogens with one attached hydrogen (secondary N) is 1. The first-order valence-corrected chi connectivity index (χ1v) is 7.73. The largest absolute Gasteiger partial charge is 0.399 e. The zero-order valence-electron chi connectivity index (χ0n) is 13.9. The van der Waals surface area contributed by atoms with Gasteiger partial charge in [-0.2, -0.15) is 0 Å². The predicted octanol–water partition coefficient (Wildman–Crippen LogP) is 3.63. The summed E-state index contributed by atoms with van der Waals surface area (Å²) in [6.45, 7) is 10.8. The maximum Gasteiger partial charge on any atom is 0.231 e. The first-order chi connectivity index (χ1) is 9.54. The van der Waals surface area contributed by atoms with Crippen molar-refractivity contribution in [2.45, 2.75) is 64.8 Å².